The van der Waals surface area contributed by atoms with Gasteiger partial charge in [0.1, 0.15) is 0 Å². The van der Waals surface area contributed by atoms with Crippen molar-refractivity contribution in [3.63, 3.8) is 0 Å². The smallest absolute Gasteiger partial charge is 0.312 e. The molecular weight excluding hydrogens is 380 g/mol. The first-order valence-electron chi connectivity index (χ1n) is 10.4. The van der Waals surface area contributed by atoms with Crippen LogP contribution in [0, 0.1) is 0 Å². The molecule has 0 spiro atoms. The first-order chi connectivity index (χ1) is 14.1. The number of piperidine rings is 1. The molecule has 1 saturated heterocycles. The van der Waals surface area contributed by atoms with Gasteiger partial charge in [-0.15, -0.1) is 0 Å². The Kier molecular flexibility index (Phi) is 8.40. The number of nitrogens with zero attached hydrogens (tertiary/aromatic N) is 2. The molecule has 2 aromatic rings. The molecule has 1 heterocycles. The monoisotopic (exact) mass is 412 g/mol. The third kappa shape index (κ3) is 7.38. The van der Waals surface area contributed by atoms with Crippen LogP contribution in [0.3, 0.4) is 0 Å². The molecular formula is C23H32N4OS. The number of hydrogen-bond donors (Lipinski definition) is 2. The number of likely N-dealkylation sites (N-methyl/N-ethyl adjacent to an activating group) is 1. The maximum atomic E-state index is 11.0. The predicted molar refractivity (Wildman–Crippen MR) is 121 cm³/mol. The topological polar surface area (TPSA) is 61.6 Å². The van der Waals surface area contributed by atoms with E-state index in [4.69, 9.17) is 5.73 Å². The first-order valence-corrected chi connectivity index (χ1v) is 11.1. The normalized spacial score (nSPS) is 16.6. The van der Waals surface area contributed by atoms with Crippen molar-refractivity contribution in [1.29, 1.82) is 0 Å². The maximum Gasteiger partial charge on any atom is 0.312 e. The van der Waals surface area contributed by atoms with Gasteiger partial charge in [-0.2, -0.15) is 0 Å². The predicted octanol–water partition coefficient (Wildman–Crippen LogP) is 3.93. The molecule has 2 aromatic carbocycles. The minimum atomic E-state index is -0.411. The van der Waals surface area contributed by atoms with Gasteiger partial charge in [-0.1, -0.05) is 48.5 Å². The third-order valence-corrected chi connectivity index (χ3v) is 6.42. The number of amides is 2. The minimum absolute atomic E-state index is 0.224. The van der Waals surface area contributed by atoms with Crippen molar-refractivity contribution >= 4 is 18.0 Å². The standard InChI is InChI=1S/C23H32N4OS/c1-26(29-22-10-6-3-7-11-22)18-20(19-8-4-2-5-9-19)12-15-27-16-13-21(14-17-27)25-23(24)28/h2-11,20-21H,12-18H2,1H3,(H3,24,25,28). The van der Waals surface area contributed by atoms with Crippen LogP contribution in [0.4, 0.5) is 4.79 Å². The number of likely N-dealkylation sites (tertiary alicyclic amines) is 1. The lowest BCUT2D eigenvalue weighted by molar-refractivity contribution is 0.189. The molecule has 1 fully saturated rings. The van der Waals surface area contributed by atoms with E-state index in [9.17, 15) is 4.79 Å². The maximum absolute atomic E-state index is 11.0. The third-order valence-electron chi connectivity index (χ3n) is 5.48. The fourth-order valence-electron chi connectivity index (χ4n) is 3.94. The average Bonchev–Trinajstić information content (AvgIpc) is 2.73. The van der Waals surface area contributed by atoms with E-state index in [-0.39, 0.29) is 6.04 Å². The summed E-state index contributed by atoms with van der Waals surface area (Å²) in [7, 11) is 2.18. The number of urea groups is 1. The highest BCUT2D eigenvalue weighted by Gasteiger charge is 2.22. The summed E-state index contributed by atoms with van der Waals surface area (Å²) in [6, 6.07) is 21.2. The zero-order chi connectivity index (χ0) is 20.5. The van der Waals surface area contributed by atoms with Crippen molar-refractivity contribution in [3.8, 4) is 0 Å². The van der Waals surface area contributed by atoms with Crippen LogP contribution in [-0.2, 0) is 0 Å². The molecule has 0 radical (unpaired) electrons. The number of hydrogen-bond acceptors (Lipinski definition) is 4. The number of primary amides is 1. The lowest BCUT2D eigenvalue weighted by atomic mass is 9.94. The molecule has 6 heteroatoms. The Bertz CT molecular complexity index is 735. The minimum Gasteiger partial charge on any atom is -0.352 e. The molecule has 1 aliphatic rings. The number of nitrogens with two attached hydrogens (primary N) is 1. The number of benzene rings is 2. The van der Waals surface area contributed by atoms with E-state index in [1.165, 1.54) is 10.5 Å². The number of nitrogens with one attached hydrogen (secondary N) is 1. The van der Waals surface area contributed by atoms with Crippen LogP contribution in [-0.4, -0.2) is 54.5 Å². The second-order valence-corrected chi connectivity index (χ2v) is 9.01. The van der Waals surface area contributed by atoms with Gasteiger partial charge in [-0.05, 0) is 68.4 Å². The lowest BCUT2D eigenvalue weighted by Gasteiger charge is -2.33. The summed E-state index contributed by atoms with van der Waals surface area (Å²) in [5.41, 5.74) is 6.65. The molecule has 0 bridgehead atoms. The number of rotatable bonds is 9. The summed E-state index contributed by atoms with van der Waals surface area (Å²) in [4.78, 5) is 14.8. The van der Waals surface area contributed by atoms with Crippen LogP contribution in [0.5, 0.6) is 0 Å². The van der Waals surface area contributed by atoms with E-state index in [0.717, 1.165) is 45.4 Å². The van der Waals surface area contributed by atoms with Gasteiger partial charge in [-0.3, -0.25) is 0 Å². The van der Waals surface area contributed by atoms with E-state index in [1.807, 2.05) is 0 Å². The van der Waals surface area contributed by atoms with Crippen LogP contribution in [0.25, 0.3) is 0 Å². The molecule has 5 nitrogen and oxygen atoms in total. The second kappa shape index (κ2) is 11.2. The molecule has 156 valence electrons. The van der Waals surface area contributed by atoms with E-state index < -0.39 is 6.03 Å². The highest BCUT2D eigenvalue weighted by molar-refractivity contribution is 7.97. The highest BCUT2D eigenvalue weighted by Crippen LogP contribution is 2.27. The Hall–Kier alpha value is -2.02. The molecule has 0 aromatic heterocycles. The Morgan fingerprint density at radius 3 is 2.38 bits per heavy atom. The van der Waals surface area contributed by atoms with E-state index in [0.29, 0.717) is 5.92 Å². The Balaban J connectivity index is 1.53. The average molecular weight is 413 g/mol. The molecule has 2 amide bonds. The van der Waals surface area contributed by atoms with Crippen molar-refractivity contribution in [1.82, 2.24) is 14.5 Å². The molecule has 1 unspecified atom stereocenters. The van der Waals surface area contributed by atoms with Crippen LogP contribution in [0.1, 0.15) is 30.7 Å². The van der Waals surface area contributed by atoms with Crippen molar-refractivity contribution in [2.45, 2.75) is 36.1 Å². The van der Waals surface area contributed by atoms with Gasteiger partial charge in [0, 0.05) is 30.6 Å². The molecule has 29 heavy (non-hydrogen) atoms. The summed E-state index contributed by atoms with van der Waals surface area (Å²) in [5, 5.41) is 2.85. The molecule has 0 saturated carbocycles. The molecule has 3 rings (SSSR count). The Labute approximate surface area is 178 Å². The largest absolute Gasteiger partial charge is 0.352 e. The summed E-state index contributed by atoms with van der Waals surface area (Å²) < 4.78 is 2.34. The van der Waals surface area contributed by atoms with Gasteiger partial charge in [0.05, 0.1) is 0 Å². The van der Waals surface area contributed by atoms with Crippen molar-refractivity contribution in [2.24, 2.45) is 5.73 Å². The lowest BCUT2D eigenvalue weighted by Crippen LogP contribution is -2.46. The van der Waals surface area contributed by atoms with Crippen LogP contribution in [0.15, 0.2) is 65.6 Å². The van der Waals surface area contributed by atoms with Crippen LogP contribution < -0.4 is 11.1 Å². The number of carbonyl (C=O) groups is 1. The van der Waals surface area contributed by atoms with Crippen molar-refractivity contribution in [3.05, 3.63) is 66.2 Å². The number of carbonyl (C=O) groups excluding carboxylic acids is 1. The van der Waals surface area contributed by atoms with E-state index >= 15 is 0 Å². The highest BCUT2D eigenvalue weighted by atomic mass is 32.2. The van der Waals surface area contributed by atoms with Gasteiger partial charge in [0.15, 0.2) is 0 Å². The van der Waals surface area contributed by atoms with Crippen LogP contribution in [0.2, 0.25) is 0 Å². The van der Waals surface area contributed by atoms with Gasteiger partial charge >= 0.3 is 6.03 Å². The fourth-order valence-corrected chi connectivity index (χ4v) is 4.83. The molecule has 1 atom stereocenters. The quantitative estimate of drug-likeness (QED) is 0.613. The fraction of sp³-hybridized carbons (Fsp3) is 0.435. The van der Waals surface area contributed by atoms with Gasteiger partial charge in [0.2, 0.25) is 0 Å². The zero-order valence-corrected chi connectivity index (χ0v) is 18.0. The van der Waals surface area contributed by atoms with E-state index in [2.05, 4.69) is 82.2 Å². The SMILES string of the molecule is CN(CC(CCN1CCC(NC(N)=O)CC1)c1ccccc1)Sc1ccccc1. The summed E-state index contributed by atoms with van der Waals surface area (Å²) in [6.07, 6.45) is 3.07. The summed E-state index contributed by atoms with van der Waals surface area (Å²) in [5.74, 6) is 0.485. The van der Waals surface area contributed by atoms with Gasteiger partial charge < -0.3 is 16.0 Å². The second-order valence-electron chi connectivity index (χ2n) is 7.74. The van der Waals surface area contributed by atoms with E-state index in [1.54, 1.807) is 11.9 Å². The molecule has 1 aliphatic heterocycles. The Morgan fingerprint density at radius 2 is 1.76 bits per heavy atom. The van der Waals surface area contributed by atoms with Crippen molar-refractivity contribution < 1.29 is 4.79 Å². The summed E-state index contributed by atoms with van der Waals surface area (Å²) in [6.45, 7) is 4.11. The van der Waals surface area contributed by atoms with Gasteiger partial charge in [0.25, 0.3) is 0 Å². The zero-order valence-electron chi connectivity index (χ0n) is 17.2. The van der Waals surface area contributed by atoms with Gasteiger partial charge in [-0.25, -0.2) is 9.10 Å². The van der Waals surface area contributed by atoms with Crippen LogP contribution >= 0.6 is 11.9 Å². The summed E-state index contributed by atoms with van der Waals surface area (Å²) >= 11 is 1.80. The Morgan fingerprint density at radius 1 is 1.14 bits per heavy atom. The first kappa shape index (κ1) is 21.7. The van der Waals surface area contributed by atoms with Crippen molar-refractivity contribution in [2.75, 3.05) is 33.2 Å². The molecule has 0 aliphatic carbocycles. The molecule has 3 N–H and O–H groups in total.